The highest BCUT2D eigenvalue weighted by atomic mass is 16.2. The lowest BCUT2D eigenvalue weighted by molar-refractivity contribution is 0.240. The number of aromatic amines is 1. The second-order valence-electron chi connectivity index (χ2n) is 5.00. The Morgan fingerprint density at radius 2 is 2.05 bits per heavy atom. The van der Waals surface area contributed by atoms with E-state index in [1.54, 1.807) is 10.9 Å². The summed E-state index contributed by atoms with van der Waals surface area (Å²) in [6.07, 6.45) is 3.52. The molecular weight excluding hydrogens is 270 g/mol. The van der Waals surface area contributed by atoms with E-state index in [2.05, 4.69) is 20.7 Å². The zero-order valence-electron chi connectivity index (χ0n) is 12.4. The van der Waals surface area contributed by atoms with Crippen LogP contribution in [0.4, 0.5) is 4.79 Å². The van der Waals surface area contributed by atoms with Crippen molar-refractivity contribution in [1.82, 2.24) is 25.4 Å². The monoisotopic (exact) mass is 289 g/mol. The fraction of sp³-hybridized carbons (Fsp3) is 0.357. The Morgan fingerprint density at radius 3 is 2.67 bits per heavy atom. The van der Waals surface area contributed by atoms with Gasteiger partial charge in [-0.25, -0.2) is 4.79 Å². The van der Waals surface area contributed by atoms with E-state index in [1.807, 2.05) is 33.2 Å². The molecule has 2 heterocycles. The number of nitrogens with zero attached hydrogens (tertiary/aromatic N) is 2. The molecule has 21 heavy (non-hydrogen) atoms. The van der Waals surface area contributed by atoms with Gasteiger partial charge in [-0.15, -0.1) is 0 Å². The first-order valence-corrected chi connectivity index (χ1v) is 6.64. The molecule has 0 aromatic carbocycles. The van der Waals surface area contributed by atoms with Gasteiger partial charge < -0.3 is 15.6 Å². The third kappa shape index (κ3) is 3.95. The maximum atomic E-state index is 11.8. The van der Waals surface area contributed by atoms with E-state index in [-0.39, 0.29) is 18.1 Å². The van der Waals surface area contributed by atoms with Gasteiger partial charge in [-0.05, 0) is 25.5 Å². The van der Waals surface area contributed by atoms with Crippen molar-refractivity contribution in [3.8, 4) is 0 Å². The second kappa shape index (κ2) is 6.25. The van der Waals surface area contributed by atoms with E-state index in [4.69, 9.17) is 0 Å². The number of aryl methyl sites for hydroxylation is 3. The highest BCUT2D eigenvalue weighted by Crippen LogP contribution is 2.02. The number of pyridine rings is 1. The Labute approximate surface area is 122 Å². The van der Waals surface area contributed by atoms with Crippen LogP contribution in [0.5, 0.6) is 0 Å². The Morgan fingerprint density at radius 1 is 1.33 bits per heavy atom. The topological polar surface area (TPSA) is 91.8 Å². The third-order valence-electron chi connectivity index (χ3n) is 3.13. The van der Waals surface area contributed by atoms with Crippen molar-refractivity contribution in [2.24, 2.45) is 7.05 Å². The summed E-state index contributed by atoms with van der Waals surface area (Å²) >= 11 is 0. The van der Waals surface area contributed by atoms with Gasteiger partial charge in [-0.1, -0.05) is 0 Å². The van der Waals surface area contributed by atoms with Gasteiger partial charge in [0.1, 0.15) is 0 Å². The van der Waals surface area contributed by atoms with Gasteiger partial charge in [0, 0.05) is 36.6 Å². The standard InChI is InChI=1S/C14H19N5O2/c1-9-4-10(2)18-13(20)12(9)7-16-14(21)15-5-11-6-17-19(3)8-11/h4,6,8H,5,7H2,1-3H3,(H,18,20)(H2,15,16,21). The minimum Gasteiger partial charge on any atom is -0.334 e. The van der Waals surface area contributed by atoms with E-state index in [9.17, 15) is 9.59 Å². The lowest BCUT2D eigenvalue weighted by Gasteiger charge is -2.09. The summed E-state index contributed by atoms with van der Waals surface area (Å²) in [6, 6.07) is 1.56. The fourth-order valence-corrected chi connectivity index (χ4v) is 2.08. The van der Waals surface area contributed by atoms with Crippen LogP contribution in [0.2, 0.25) is 0 Å². The predicted molar refractivity (Wildman–Crippen MR) is 78.8 cm³/mol. The highest BCUT2D eigenvalue weighted by Gasteiger charge is 2.07. The van der Waals surface area contributed by atoms with Gasteiger partial charge in [0.2, 0.25) is 0 Å². The largest absolute Gasteiger partial charge is 0.334 e. The van der Waals surface area contributed by atoms with Crippen LogP contribution in [0.3, 0.4) is 0 Å². The predicted octanol–water partition coefficient (Wildman–Crippen LogP) is 0.725. The molecule has 0 spiro atoms. The number of urea groups is 1. The number of aromatic nitrogens is 3. The number of hydrogen-bond donors (Lipinski definition) is 3. The van der Waals surface area contributed by atoms with Gasteiger partial charge in [0.25, 0.3) is 5.56 Å². The van der Waals surface area contributed by atoms with Crippen molar-refractivity contribution in [2.75, 3.05) is 0 Å². The highest BCUT2D eigenvalue weighted by molar-refractivity contribution is 5.73. The summed E-state index contributed by atoms with van der Waals surface area (Å²) in [4.78, 5) is 26.3. The second-order valence-corrected chi connectivity index (χ2v) is 5.00. The summed E-state index contributed by atoms with van der Waals surface area (Å²) in [5.41, 5.74) is 2.99. The van der Waals surface area contributed by atoms with Crippen LogP contribution < -0.4 is 16.2 Å². The first kappa shape index (κ1) is 14.8. The fourth-order valence-electron chi connectivity index (χ4n) is 2.08. The van der Waals surface area contributed by atoms with E-state index in [0.717, 1.165) is 16.8 Å². The van der Waals surface area contributed by atoms with Crippen molar-refractivity contribution in [3.05, 3.63) is 51.2 Å². The molecule has 0 fully saturated rings. The van der Waals surface area contributed by atoms with Gasteiger partial charge in [-0.3, -0.25) is 9.48 Å². The van der Waals surface area contributed by atoms with Gasteiger partial charge in [-0.2, -0.15) is 5.10 Å². The molecule has 7 nitrogen and oxygen atoms in total. The van der Waals surface area contributed by atoms with Crippen LogP contribution in [0.1, 0.15) is 22.4 Å². The zero-order valence-corrected chi connectivity index (χ0v) is 12.4. The molecule has 0 aliphatic heterocycles. The Hall–Kier alpha value is -2.57. The number of hydrogen-bond acceptors (Lipinski definition) is 3. The number of carbonyl (C=O) groups is 1. The zero-order chi connectivity index (χ0) is 15.4. The SMILES string of the molecule is Cc1cc(C)c(CNC(=O)NCc2cnn(C)c2)c(=O)[nH]1. The minimum absolute atomic E-state index is 0.167. The molecule has 2 amide bonds. The van der Waals surface area contributed by atoms with Crippen molar-refractivity contribution in [3.63, 3.8) is 0 Å². The number of nitrogens with one attached hydrogen (secondary N) is 3. The molecular formula is C14H19N5O2. The van der Waals surface area contributed by atoms with Crippen molar-refractivity contribution >= 4 is 6.03 Å². The molecule has 2 rings (SSSR count). The molecule has 0 unspecified atom stereocenters. The summed E-state index contributed by atoms with van der Waals surface area (Å²) < 4.78 is 1.67. The molecule has 7 heteroatoms. The Bertz CT molecular complexity index is 702. The van der Waals surface area contributed by atoms with E-state index < -0.39 is 0 Å². The Balaban J connectivity index is 1.88. The van der Waals surface area contributed by atoms with Crippen molar-refractivity contribution < 1.29 is 4.79 Å². The number of H-pyrrole nitrogens is 1. The first-order chi connectivity index (χ1) is 9.95. The average Bonchev–Trinajstić information content (AvgIpc) is 2.81. The molecule has 3 N–H and O–H groups in total. The molecule has 0 aliphatic carbocycles. The van der Waals surface area contributed by atoms with E-state index in [0.29, 0.717) is 12.1 Å². The molecule has 112 valence electrons. The van der Waals surface area contributed by atoms with Crippen LogP contribution in [-0.2, 0) is 20.1 Å². The van der Waals surface area contributed by atoms with E-state index >= 15 is 0 Å². The third-order valence-corrected chi connectivity index (χ3v) is 3.13. The lowest BCUT2D eigenvalue weighted by Crippen LogP contribution is -2.36. The molecule has 0 atom stereocenters. The van der Waals surface area contributed by atoms with Gasteiger partial charge in [0.05, 0.1) is 12.7 Å². The summed E-state index contributed by atoms with van der Waals surface area (Å²) in [5.74, 6) is 0. The van der Waals surface area contributed by atoms with Crippen LogP contribution in [0, 0.1) is 13.8 Å². The number of amides is 2. The van der Waals surface area contributed by atoms with E-state index in [1.165, 1.54) is 0 Å². The van der Waals surface area contributed by atoms with Crippen LogP contribution in [-0.4, -0.2) is 20.8 Å². The minimum atomic E-state index is -0.321. The molecule has 0 saturated heterocycles. The van der Waals surface area contributed by atoms with Crippen molar-refractivity contribution in [1.29, 1.82) is 0 Å². The number of rotatable bonds is 4. The molecule has 0 aliphatic rings. The maximum Gasteiger partial charge on any atom is 0.315 e. The van der Waals surface area contributed by atoms with Crippen LogP contribution in [0.25, 0.3) is 0 Å². The Kier molecular flexibility index (Phi) is 4.42. The maximum absolute atomic E-state index is 11.8. The molecule has 0 saturated carbocycles. The van der Waals surface area contributed by atoms with Crippen LogP contribution in [0.15, 0.2) is 23.3 Å². The number of carbonyl (C=O) groups excluding carboxylic acids is 1. The van der Waals surface area contributed by atoms with Crippen LogP contribution >= 0.6 is 0 Å². The summed E-state index contributed by atoms with van der Waals surface area (Å²) in [6.45, 7) is 4.27. The average molecular weight is 289 g/mol. The summed E-state index contributed by atoms with van der Waals surface area (Å²) in [5, 5.41) is 9.42. The van der Waals surface area contributed by atoms with Gasteiger partial charge in [0.15, 0.2) is 0 Å². The smallest absolute Gasteiger partial charge is 0.315 e. The summed E-state index contributed by atoms with van der Waals surface area (Å²) in [7, 11) is 1.82. The molecule has 2 aromatic heterocycles. The molecule has 2 aromatic rings. The quantitative estimate of drug-likeness (QED) is 0.774. The molecule has 0 radical (unpaired) electrons. The van der Waals surface area contributed by atoms with Gasteiger partial charge >= 0.3 is 6.03 Å². The first-order valence-electron chi connectivity index (χ1n) is 6.64. The normalized spacial score (nSPS) is 10.4. The lowest BCUT2D eigenvalue weighted by atomic mass is 10.1. The molecule has 0 bridgehead atoms. The van der Waals surface area contributed by atoms with Crippen molar-refractivity contribution in [2.45, 2.75) is 26.9 Å².